The number of hydrogen-bond acceptors (Lipinski definition) is 1. The average Bonchev–Trinajstić information content (AvgIpc) is 2.25. The summed E-state index contributed by atoms with van der Waals surface area (Å²) in [6, 6.07) is 5.95. The Morgan fingerprint density at radius 2 is 1.93 bits per heavy atom. The Morgan fingerprint density at radius 1 is 1.20 bits per heavy atom. The molecule has 0 amide bonds. The predicted octanol–water partition coefficient (Wildman–Crippen LogP) is 4.36. The molecule has 1 nitrogen and oxygen atoms in total. The Hall–Kier alpha value is -0.690. The van der Waals surface area contributed by atoms with Gasteiger partial charge in [-0.3, -0.25) is 0 Å². The molecule has 0 atom stereocenters. The van der Waals surface area contributed by atoms with Gasteiger partial charge < -0.3 is 4.74 Å². The van der Waals surface area contributed by atoms with E-state index in [1.165, 1.54) is 32.1 Å². The minimum absolute atomic E-state index is 0.400. The van der Waals surface area contributed by atoms with E-state index in [-0.39, 0.29) is 0 Å². The largest absolute Gasteiger partial charge is 0.490 e. The molecular formula is C13H17ClO. The predicted molar refractivity (Wildman–Crippen MR) is 63.7 cm³/mol. The summed E-state index contributed by atoms with van der Waals surface area (Å²) in [6.45, 7) is 2.01. The van der Waals surface area contributed by atoms with E-state index in [0.717, 1.165) is 16.3 Å². The van der Waals surface area contributed by atoms with Gasteiger partial charge in [-0.2, -0.15) is 0 Å². The smallest absolute Gasteiger partial charge is 0.121 e. The molecule has 0 bridgehead atoms. The van der Waals surface area contributed by atoms with Crippen LogP contribution < -0.4 is 4.74 Å². The van der Waals surface area contributed by atoms with Crippen LogP contribution in [-0.2, 0) is 0 Å². The fourth-order valence-corrected chi connectivity index (χ4v) is 2.19. The summed E-state index contributed by atoms with van der Waals surface area (Å²) in [5.41, 5.74) is 1.10. The Bertz CT molecular complexity index is 329. The molecule has 82 valence electrons. The zero-order chi connectivity index (χ0) is 10.7. The molecule has 1 saturated carbocycles. The summed E-state index contributed by atoms with van der Waals surface area (Å²) < 4.78 is 5.91. The van der Waals surface area contributed by atoms with E-state index in [1.807, 2.05) is 25.1 Å². The second-order valence-corrected chi connectivity index (χ2v) is 4.70. The molecule has 1 aromatic rings. The highest BCUT2D eigenvalue weighted by Crippen LogP contribution is 2.26. The van der Waals surface area contributed by atoms with Crippen molar-refractivity contribution < 1.29 is 4.74 Å². The lowest BCUT2D eigenvalue weighted by Crippen LogP contribution is -2.19. The fourth-order valence-electron chi connectivity index (χ4n) is 2.02. The molecule has 15 heavy (non-hydrogen) atoms. The molecule has 1 aromatic carbocycles. The zero-order valence-corrected chi connectivity index (χ0v) is 9.89. The molecular weight excluding hydrogens is 208 g/mol. The first-order chi connectivity index (χ1) is 7.25. The summed E-state index contributed by atoms with van der Waals surface area (Å²) in [5.74, 6) is 0.914. The number of ether oxygens (including phenoxy) is 1. The van der Waals surface area contributed by atoms with Crippen molar-refractivity contribution >= 4 is 11.6 Å². The normalized spacial score (nSPS) is 17.7. The Balaban J connectivity index is 2.00. The van der Waals surface area contributed by atoms with E-state index in [1.54, 1.807) is 0 Å². The number of hydrogen-bond donors (Lipinski definition) is 0. The maximum atomic E-state index is 6.05. The number of aryl methyl sites for hydroxylation is 1. The minimum atomic E-state index is 0.400. The highest BCUT2D eigenvalue weighted by atomic mass is 35.5. The van der Waals surface area contributed by atoms with Crippen LogP contribution in [0, 0.1) is 6.92 Å². The van der Waals surface area contributed by atoms with Gasteiger partial charge in [0.05, 0.1) is 6.10 Å². The monoisotopic (exact) mass is 224 g/mol. The third kappa shape index (κ3) is 2.88. The lowest BCUT2D eigenvalue weighted by Gasteiger charge is -2.23. The van der Waals surface area contributed by atoms with Crippen LogP contribution in [0.25, 0.3) is 0 Å². The van der Waals surface area contributed by atoms with Crippen molar-refractivity contribution in [3.63, 3.8) is 0 Å². The van der Waals surface area contributed by atoms with Gasteiger partial charge >= 0.3 is 0 Å². The zero-order valence-electron chi connectivity index (χ0n) is 9.13. The van der Waals surface area contributed by atoms with Crippen LogP contribution in [0.4, 0.5) is 0 Å². The van der Waals surface area contributed by atoms with Crippen molar-refractivity contribution in [2.75, 3.05) is 0 Å². The molecule has 0 N–H and O–H groups in total. The van der Waals surface area contributed by atoms with Crippen LogP contribution in [0.15, 0.2) is 18.2 Å². The first-order valence-corrected chi connectivity index (χ1v) is 6.06. The maximum absolute atomic E-state index is 6.05. The first-order valence-electron chi connectivity index (χ1n) is 5.68. The van der Waals surface area contributed by atoms with Crippen molar-refractivity contribution in [1.29, 1.82) is 0 Å². The molecule has 2 heteroatoms. The number of benzene rings is 1. The van der Waals surface area contributed by atoms with E-state index in [2.05, 4.69) is 0 Å². The summed E-state index contributed by atoms with van der Waals surface area (Å²) in [4.78, 5) is 0. The van der Waals surface area contributed by atoms with Gasteiger partial charge in [0.1, 0.15) is 5.75 Å². The summed E-state index contributed by atoms with van der Waals surface area (Å²) in [5, 5.41) is 0.795. The highest BCUT2D eigenvalue weighted by molar-refractivity contribution is 6.31. The summed E-state index contributed by atoms with van der Waals surface area (Å²) >= 11 is 6.05. The van der Waals surface area contributed by atoms with Crippen LogP contribution in [-0.4, -0.2) is 6.10 Å². The minimum Gasteiger partial charge on any atom is -0.490 e. The number of halogens is 1. The number of rotatable bonds is 2. The van der Waals surface area contributed by atoms with Gasteiger partial charge in [0, 0.05) is 5.02 Å². The van der Waals surface area contributed by atoms with Gasteiger partial charge in [0.25, 0.3) is 0 Å². The molecule has 1 aliphatic carbocycles. The second kappa shape index (κ2) is 4.89. The van der Waals surface area contributed by atoms with Crippen LogP contribution in [0.2, 0.25) is 5.02 Å². The van der Waals surface area contributed by atoms with Crippen molar-refractivity contribution in [3.05, 3.63) is 28.8 Å². The first kappa shape index (κ1) is 10.8. The van der Waals surface area contributed by atoms with Crippen LogP contribution in [0.5, 0.6) is 5.75 Å². The average molecular weight is 225 g/mol. The molecule has 0 unspecified atom stereocenters. The molecule has 0 radical (unpaired) electrons. The van der Waals surface area contributed by atoms with Crippen LogP contribution >= 0.6 is 11.6 Å². The Morgan fingerprint density at radius 3 is 2.60 bits per heavy atom. The van der Waals surface area contributed by atoms with Crippen molar-refractivity contribution in [1.82, 2.24) is 0 Å². The van der Waals surface area contributed by atoms with Crippen molar-refractivity contribution in [2.45, 2.75) is 45.1 Å². The Labute approximate surface area is 96.4 Å². The lowest BCUT2D eigenvalue weighted by molar-refractivity contribution is 0.155. The quantitative estimate of drug-likeness (QED) is 0.725. The molecule has 1 fully saturated rings. The fraction of sp³-hybridized carbons (Fsp3) is 0.538. The van der Waals surface area contributed by atoms with Gasteiger partial charge in [-0.15, -0.1) is 0 Å². The van der Waals surface area contributed by atoms with Crippen molar-refractivity contribution in [3.8, 4) is 5.75 Å². The molecule has 2 rings (SSSR count). The van der Waals surface area contributed by atoms with Crippen molar-refractivity contribution in [2.24, 2.45) is 0 Å². The standard InChI is InChI=1S/C13H17ClO/c1-10-7-8-12(9-13(10)14)15-11-5-3-2-4-6-11/h7-9,11H,2-6H2,1H3. The lowest BCUT2D eigenvalue weighted by atomic mass is 9.98. The molecule has 0 aromatic heterocycles. The summed E-state index contributed by atoms with van der Waals surface area (Å²) in [6.07, 6.45) is 6.72. The molecule has 1 aliphatic rings. The molecule has 0 saturated heterocycles. The Kier molecular flexibility index (Phi) is 3.53. The van der Waals surface area contributed by atoms with Gasteiger partial charge in [-0.1, -0.05) is 24.1 Å². The van der Waals surface area contributed by atoms with E-state index in [0.29, 0.717) is 6.10 Å². The molecule has 0 aliphatic heterocycles. The highest BCUT2D eigenvalue weighted by Gasteiger charge is 2.14. The van der Waals surface area contributed by atoms with Gasteiger partial charge in [-0.05, 0) is 50.3 Å². The SMILES string of the molecule is Cc1ccc(OC2CCCCC2)cc1Cl. The van der Waals surface area contributed by atoms with Gasteiger partial charge in [-0.25, -0.2) is 0 Å². The van der Waals surface area contributed by atoms with E-state index in [4.69, 9.17) is 16.3 Å². The summed E-state index contributed by atoms with van der Waals surface area (Å²) in [7, 11) is 0. The van der Waals surface area contributed by atoms with Gasteiger partial charge in [0.2, 0.25) is 0 Å². The molecule has 0 spiro atoms. The molecule has 0 heterocycles. The third-order valence-corrected chi connectivity index (χ3v) is 3.41. The van der Waals surface area contributed by atoms with Crippen LogP contribution in [0.3, 0.4) is 0 Å². The third-order valence-electron chi connectivity index (χ3n) is 3.00. The van der Waals surface area contributed by atoms with E-state index in [9.17, 15) is 0 Å². The van der Waals surface area contributed by atoms with Crippen LogP contribution in [0.1, 0.15) is 37.7 Å². The topological polar surface area (TPSA) is 9.23 Å². The second-order valence-electron chi connectivity index (χ2n) is 4.29. The van der Waals surface area contributed by atoms with E-state index < -0.39 is 0 Å². The van der Waals surface area contributed by atoms with E-state index >= 15 is 0 Å². The van der Waals surface area contributed by atoms with Gasteiger partial charge in [0.15, 0.2) is 0 Å². The maximum Gasteiger partial charge on any atom is 0.121 e.